The maximum Gasteiger partial charge on any atom is 0.417 e. The highest BCUT2D eigenvalue weighted by molar-refractivity contribution is 7.90. The molecule has 1 aromatic heterocycles. The Hall–Kier alpha value is -2.48. The third-order valence-corrected chi connectivity index (χ3v) is 7.20. The highest BCUT2D eigenvalue weighted by Crippen LogP contribution is 2.37. The normalized spacial score (nSPS) is 12.7. The van der Waals surface area contributed by atoms with Gasteiger partial charge in [-0.25, -0.2) is 27.0 Å². The molecule has 0 saturated heterocycles. The first-order chi connectivity index (χ1) is 14.2. The van der Waals surface area contributed by atoms with E-state index in [1.807, 2.05) is 0 Å². The highest BCUT2D eigenvalue weighted by atomic mass is 32.2. The lowest BCUT2D eigenvalue weighted by atomic mass is 10.1. The zero-order chi connectivity index (χ0) is 23.2. The van der Waals surface area contributed by atoms with Gasteiger partial charge in [0.1, 0.15) is 0 Å². The summed E-state index contributed by atoms with van der Waals surface area (Å²) in [7, 11) is -7.93. The number of nitrogens with zero attached hydrogens (tertiary/aromatic N) is 1. The first-order valence-corrected chi connectivity index (χ1v) is 12.8. The first kappa shape index (κ1) is 23.2. The molecule has 2 aromatic carbocycles. The Morgan fingerprint density at radius 3 is 2.23 bits per heavy atom. The number of aromatic nitrogens is 1. The summed E-state index contributed by atoms with van der Waals surface area (Å²) in [5, 5.41) is 9.79. The van der Waals surface area contributed by atoms with E-state index in [9.17, 15) is 30.0 Å². The summed E-state index contributed by atoms with van der Waals surface area (Å²) in [6.45, 7) is 1.58. The van der Waals surface area contributed by atoms with Gasteiger partial charge >= 0.3 is 6.18 Å². The number of halogens is 3. The molecule has 13 heteroatoms. The predicted octanol–water partition coefficient (Wildman–Crippen LogP) is 3.93. The molecule has 31 heavy (non-hydrogen) atoms. The number of sulfonamides is 1. The third-order valence-electron chi connectivity index (χ3n) is 4.22. The Morgan fingerprint density at radius 1 is 1.03 bits per heavy atom. The predicted molar refractivity (Wildman–Crippen MR) is 111 cm³/mol. The van der Waals surface area contributed by atoms with Gasteiger partial charge in [-0.3, -0.25) is 0 Å². The van der Waals surface area contributed by atoms with E-state index < -0.39 is 36.5 Å². The van der Waals surface area contributed by atoms with Crippen LogP contribution in [0.4, 0.5) is 24.0 Å². The zero-order valence-corrected chi connectivity index (χ0v) is 18.5. The Kier molecular flexibility index (Phi) is 5.90. The minimum atomic E-state index is -4.85. The fourth-order valence-electron chi connectivity index (χ4n) is 2.87. The van der Waals surface area contributed by atoms with Gasteiger partial charge in [-0.2, -0.15) is 13.2 Å². The lowest BCUT2D eigenvalue weighted by molar-refractivity contribution is -0.139. The fraction of sp³-hybridized carbons (Fsp3) is 0.167. The van der Waals surface area contributed by atoms with Gasteiger partial charge in [0.25, 0.3) is 0 Å². The van der Waals surface area contributed by atoms with Crippen molar-refractivity contribution >= 4 is 42.0 Å². The van der Waals surface area contributed by atoms with E-state index in [0.717, 1.165) is 17.4 Å². The molecule has 3 aromatic rings. The topological polar surface area (TPSA) is 119 Å². The second-order valence-electron chi connectivity index (χ2n) is 6.67. The van der Waals surface area contributed by atoms with Gasteiger partial charge < -0.3 is 5.32 Å². The number of rotatable bonds is 5. The summed E-state index contributed by atoms with van der Waals surface area (Å²) < 4.78 is 86.4. The molecule has 0 saturated carbocycles. The molecular weight excluding hydrogens is 475 g/mol. The third kappa shape index (κ3) is 5.23. The molecule has 3 N–H and O–H groups in total. The maximum atomic E-state index is 13.3. The first-order valence-electron chi connectivity index (χ1n) is 8.44. The van der Waals surface area contributed by atoms with Crippen LogP contribution in [0.1, 0.15) is 11.1 Å². The molecule has 3 rings (SSSR count). The molecule has 0 spiro atoms. The molecule has 0 radical (unpaired) electrons. The molecule has 0 aliphatic heterocycles. The number of nitrogens with one attached hydrogen (secondary N) is 1. The van der Waals surface area contributed by atoms with Crippen LogP contribution in [0, 0.1) is 6.92 Å². The van der Waals surface area contributed by atoms with E-state index >= 15 is 0 Å². The van der Waals surface area contributed by atoms with Crippen molar-refractivity contribution in [1.29, 1.82) is 0 Å². The SMILES string of the molecule is Cc1cc(-c2csc(Nc3ccc(S(C)(=O)=O)c(C(F)(F)F)c3)n2)ccc1S(N)(=O)=O. The maximum absolute atomic E-state index is 13.3. The number of hydrogen-bond acceptors (Lipinski definition) is 7. The van der Waals surface area contributed by atoms with Crippen molar-refractivity contribution in [1.82, 2.24) is 4.98 Å². The average Bonchev–Trinajstić information content (AvgIpc) is 3.07. The number of benzene rings is 2. The van der Waals surface area contributed by atoms with Crippen molar-refractivity contribution in [2.75, 3.05) is 11.6 Å². The number of primary sulfonamides is 1. The van der Waals surface area contributed by atoms with Crippen LogP contribution in [-0.4, -0.2) is 28.1 Å². The van der Waals surface area contributed by atoms with Crippen LogP contribution in [-0.2, 0) is 26.0 Å². The minimum Gasteiger partial charge on any atom is -0.332 e. The largest absolute Gasteiger partial charge is 0.417 e. The van der Waals surface area contributed by atoms with Crippen LogP contribution in [0.3, 0.4) is 0 Å². The fourth-order valence-corrected chi connectivity index (χ4v) is 5.26. The lowest BCUT2D eigenvalue weighted by Crippen LogP contribution is -2.13. The van der Waals surface area contributed by atoms with E-state index in [4.69, 9.17) is 5.14 Å². The van der Waals surface area contributed by atoms with Crippen molar-refractivity contribution in [3.63, 3.8) is 0 Å². The van der Waals surface area contributed by atoms with Gasteiger partial charge in [-0.15, -0.1) is 11.3 Å². The molecule has 7 nitrogen and oxygen atoms in total. The standard InChI is InChI=1S/C18H16F3N3O4S3/c1-10-7-11(3-5-15(10)31(22,27)28)14-9-29-17(24-14)23-12-4-6-16(30(2,25)26)13(8-12)18(19,20)21/h3-9H,1-2H3,(H,23,24)(H2,22,27,28). The average molecular weight is 492 g/mol. The summed E-state index contributed by atoms with van der Waals surface area (Å²) in [6, 6.07) is 7.28. The number of aryl methyl sites for hydroxylation is 1. The molecule has 0 fully saturated rings. The van der Waals surface area contributed by atoms with E-state index in [1.54, 1.807) is 18.4 Å². The molecule has 0 bridgehead atoms. The highest BCUT2D eigenvalue weighted by Gasteiger charge is 2.36. The van der Waals surface area contributed by atoms with Crippen LogP contribution in [0.5, 0.6) is 0 Å². The summed E-state index contributed by atoms with van der Waals surface area (Å²) >= 11 is 1.11. The molecule has 0 aliphatic carbocycles. The zero-order valence-electron chi connectivity index (χ0n) is 16.1. The van der Waals surface area contributed by atoms with Crippen LogP contribution >= 0.6 is 11.3 Å². The van der Waals surface area contributed by atoms with Gasteiger partial charge in [0.2, 0.25) is 10.0 Å². The van der Waals surface area contributed by atoms with Gasteiger partial charge in [0.15, 0.2) is 15.0 Å². The van der Waals surface area contributed by atoms with E-state index in [2.05, 4.69) is 10.3 Å². The number of nitrogens with two attached hydrogens (primary N) is 1. The van der Waals surface area contributed by atoms with Gasteiger partial charge in [-0.05, 0) is 42.8 Å². The molecule has 166 valence electrons. The summed E-state index contributed by atoms with van der Waals surface area (Å²) in [6.07, 6.45) is -4.15. The Labute approximate surface area is 180 Å². The van der Waals surface area contributed by atoms with Crippen LogP contribution in [0.25, 0.3) is 11.3 Å². The van der Waals surface area contributed by atoms with Gasteiger partial charge in [0, 0.05) is 22.9 Å². The number of sulfone groups is 1. The van der Waals surface area contributed by atoms with Crippen molar-refractivity contribution in [3.8, 4) is 11.3 Å². The Morgan fingerprint density at radius 2 is 1.68 bits per heavy atom. The van der Waals surface area contributed by atoms with Crippen molar-refractivity contribution in [2.45, 2.75) is 22.9 Å². The number of alkyl halides is 3. The van der Waals surface area contributed by atoms with Crippen molar-refractivity contribution in [2.24, 2.45) is 5.14 Å². The lowest BCUT2D eigenvalue weighted by Gasteiger charge is -2.13. The molecule has 0 atom stereocenters. The second kappa shape index (κ2) is 7.89. The molecule has 1 heterocycles. The Balaban J connectivity index is 1.92. The minimum absolute atomic E-state index is 0.0152. The van der Waals surface area contributed by atoms with Crippen LogP contribution in [0.2, 0.25) is 0 Å². The van der Waals surface area contributed by atoms with Crippen molar-refractivity contribution in [3.05, 3.63) is 52.9 Å². The molecule has 0 aliphatic rings. The van der Waals surface area contributed by atoms with Crippen molar-refractivity contribution < 1.29 is 30.0 Å². The van der Waals surface area contributed by atoms with Gasteiger partial charge in [0.05, 0.1) is 21.0 Å². The molecule has 0 amide bonds. The Bertz CT molecular complexity index is 1370. The van der Waals surface area contributed by atoms with Crippen LogP contribution in [0.15, 0.2) is 51.6 Å². The monoisotopic (exact) mass is 491 g/mol. The second-order valence-corrected chi connectivity index (χ2v) is 11.0. The number of anilines is 2. The van der Waals surface area contributed by atoms with Gasteiger partial charge in [-0.1, -0.05) is 6.07 Å². The summed E-state index contributed by atoms with van der Waals surface area (Å²) in [5.41, 5.74) is 0.235. The summed E-state index contributed by atoms with van der Waals surface area (Å²) in [5.74, 6) is 0. The quantitative estimate of drug-likeness (QED) is 0.558. The molecule has 0 unspecified atom stereocenters. The van der Waals surface area contributed by atoms with E-state index in [0.29, 0.717) is 29.1 Å². The van der Waals surface area contributed by atoms with E-state index in [-0.39, 0.29) is 15.7 Å². The summed E-state index contributed by atoms with van der Waals surface area (Å²) in [4.78, 5) is 3.47. The molecular formula is C18H16F3N3O4S3. The number of thiazole rings is 1. The number of hydrogen-bond donors (Lipinski definition) is 2. The van der Waals surface area contributed by atoms with E-state index in [1.165, 1.54) is 18.2 Å². The van der Waals surface area contributed by atoms with Crippen LogP contribution < -0.4 is 10.5 Å². The smallest absolute Gasteiger partial charge is 0.332 e.